The summed E-state index contributed by atoms with van der Waals surface area (Å²) < 4.78 is 28.0. The second-order valence-corrected chi connectivity index (χ2v) is 10.7. The molecule has 2 aromatic heterocycles. The summed E-state index contributed by atoms with van der Waals surface area (Å²) in [6, 6.07) is 10.5. The summed E-state index contributed by atoms with van der Waals surface area (Å²) in [6.45, 7) is 4.86. The summed E-state index contributed by atoms with van der Waals surface area (Å²) in [5.41, 5.74) is 2.91. The maximum absolute atomic E-state index is 14.1. The van der Waals surface area contributed by atoms with Gasteiger partial charge >= 0.3 is 0 Å². The van der Waals surface area contributed by atoms with Crippen LogP contribution in [0.2, 0.25) is 5.02 Å². The molecule has 0 spiro atoms. The van der Waals surface area contributed by atoms with Gasteiger partial charge in [0.25, 0.3) is 0 Å². The van der Waals surface area contributed by atoms with Crippen LogP contribution in [0.15, 0.2) is 42.6 Å². The maximum atomic E-state index is 14.1. The molecule has 1 unspecified atom stereocenters. The van der Waals surface area contributed by atoms with E-state index in [4.69, 9.17) is 31.0 Å². The highest BCUT2D eigenvalue weighted by Gasteiger charge is 2.31. The molecule has 6 nitrogen and oxygen atoms in total. The van der Waals surface area contributed by atoms with Crippen molar-refractivity contribution in [1.82, 2.24) is 19.4 Å². The number of hydrogen-bond acceptors (Lipinski definition) is 5. The number of aromatic nitrogens is 3. The van der Waals surface area contributed by atoms with Gasteiger partial charge in [0, 0.05) is 52.7 Å². The first-order chi connectivity index (χ1) is 17.6. The lowest BCUT2D eigenvalue weighted by molar-refractivity contribution is -0.0601. The van der Waals surface area contributed by atoms with Crippen LogP contribution in [0.3, 0.4) is 0 Å². The molecule has 6 rings (SSSR count). The van der Waals surface area contributed by atoms with Crippen molar-refractivity contribution in [3.8, 4) is 5.88 Å². The summed E-state index contributed by atoms with van der Waals surface area (Å²) in [5, 5.41) is 0.377. The van der Waals surface area contributed by atoms with Crippen molar-refractivity contribution in [3.63, 3.8) is 0 Å². The zero-order valence-electron chi connectivity index (χ0n) is 20.4. The average Bonchev–Trinajstić information content (AvgIpc) is 3.63. The van der Waals surface area contributed by atoms with Crippen molar-refractivity contribution >= 4 is 11.6 Å². The van der Waals surface area contributed by atoms with E-state index >= 15 is 0 Å². The number of hydrogen-bond donors (Lipinski definition) is 0. The Labute approximate surface area is 216 Å². The van der Waals surface area contributed by atoms with Gasteiger partial charge in [-0.2, -0.15) is 0 Å². The topological polar surface area (TPSA) is 52.4 Å². The van der Waals surface area contributed by atoms with Gasteiger partial charge in [0.2, 0.25) is 5.88 Å². The zero-order chi connectivity index (χ0) is 24.5. The van der Waals surface area contributed by atoms with Crippen LogP contribution in [0.4, 0.5) is 4.39 Å². The largest absolute Gasteiger partial charge is 0.473 e. The molecule has 0 bridgehead atoms. The van der Waals surface area contributed by atoms with E-state index in [9.17, 15) is 4.39 Å². The third kappa shape index (κ3) is 5.43. The van der Waals surface area contributed by atoms with E-state index in [0.29, 0.717) is 34.4 Å². The fourth-order valence-corrected chi connectivity index (χ4v) is 5.38. The zero-order valence-corrected chi connectivity index (χ0v) is 21.2. The molecule has 3 fully saturated rings. The Morgan fingerprint density at radius 3 is 2.61 bits per heavy atom. The van der Waals surface area contributed by atoms with Crippen LogP contribution >= 0.6 is 11.6 Å². The average molecular weight is 511 g/mol. The Morgan fingerprint density at radius 2 is 1.89 bits per heavy atom. The molecule has 2 aliphatic heterocycles. The SMILES string of the molecule is Fc1cc(Cl)ccc1COc1cccc(C2CCN(Cc3ncc(C4CC4)n3CC3CCO3)CC2)n1. The van der Waals surface area contributed by atoms with Gasteiger partial charge in [0.1, 0.15) is 18.2 Å². The summed E-state index contributed by atoms with van der Waals surface area (Å²) in [4.78, 5) is 12.1. The van der Waals surface area contributed by atoms with E-state index in [1.54, 1.807) is 12.1 Å². The first-order valence-electron chi connectivity index (χ1n) is 13.0. The first-order valence-corrected chi connectivity index (χ1v) is 13.4. The molecule has 1 atom stereocenters. The third-order valence-corrected chi connectivity index (χ3v) is 7.89. The van der Waals surface area contributed by atoms with Crippen LogP contribution in [0.25, 0.3) is 0 Å². The summed E-state index contributed by atoms with van der Waals surface area (Å²) in [5.74, 6) is 2.41. The monoisotopic (exact) mass is 510 g/mol. The van der Waals surface area contributed by atoms with Crippen molar-refractivity contribution in [2.24, 2.45) is 0 Å². The Hall–Kier alpha value is -2.48. The van der Waals surface area contributed by atoms with Crippen molar-refractivity contribution in [3.05, 3.63) is 76.2 Å². The number of halogens is 2. The Kier molecular flexibility index (Phi) is 6.96. The van der Waals surface area contributed by atoms with Gasteiger partial charge < -0.3 is 14.0 Å². The minimum absolute atomic E-state index is 0.124. The molecule has 1 aromatic carbocycles. The van der Waals surface area contributed by atoms with Crippen LogP contribution < -0.4 is 4.74 Å². The highest BCUT2D eigenvalue weighted by Crippen LogP contribution is 2.41. The quantitative estimate of drug-likeness (QED) is 0.370. The second-order valence-electron chi connectivity index (χ2n) is 10.2. The van der Waals surface area contributed by atoms with E-state index in [1.807, 2.05) is 12.1 Å². The predicted octanol–water partition coefficient (Wildman–Crippen LogP) is 5.70. The van der Waals surface area contributed by atoms with Crippen molar-refractivity contribution in [1.29, 1.82) is 0 Å². The van der Waals surface area contributed by atoms with Crippen LogP contribution in [0, 0.1) is 5.82 Å². The molecular formula is C28H32ClFN4O2. The van der Waals surface area contributed by atoms with Gasteiger partial charge in [-0.3, -0.25) is 4.90 Å². The smallest absolute Gasteiger partial charge is 0.213 e. The fraction of sp³-hybridized carbons (Fsp3) is 0.500. The molecule has 36 heavy (non-hydrogen) atoms. The molecular weight excluding hydrogens is 479 g/mol. The van der Waals surface area contributed by atoms with Crippen LogP contribution in [0.1, 0.15) is 66.7 Å². The van der Waals surface area contributed by atoms with E-state index in [1.165, 1.54) is 30.4 Å². The summed E-state index contributed by atoms with van der Waals surface area (Å²) in [7, 11) is 0. The van der Waals surface area contributed by atoms with E-state index in [-0.39, 0.29) is 12.4 Å². The molecule has 4 heterocycles. The minimum Gasteiger partial charge on any atom is -0.473 e. The fourth-order valence-electron chi connectivity index (χ4n) is 5.22. The predicted molar refractivity (Wildman–Crippen MR) is 136 cm³/mol. The Morgan fingerprint density at radius 1 is 1.06 bits per heavy atom. The first kappa shape index (κ1) is 23.9. The molecule has 190 valence electrons. The highest BCUT2D eigenvalue weighted by atomic mass is 35.5. The van der Waals surface area contributed by atoms with Gasteiger partial charge in [-0.1, -0.05) is 23.7 Å². The molecule has 0 N–H and O–H groups in total. The third-order valence-electron chi connectivity index (χ3n) is 7.65. The number of ether oxygens (including phenoxy) is 2. The van der Waals surface area contributed by atoms with E-state index in [2.05, 4.69) is 21.7 Å². The molecule has 1 saturated carbocycles. The number of rotatable bonds is 9. The number of benzene rings is 1. The molecule has 8 heteroatoms. The minimum atomic E-state index is -0.365. The molecule has 3 aromatic rings. The summed E-state index contributed by atoms with van der Waals surface area (Å²) >= 11 is 5.84. The summed E-state index contributed by atoms with van der Waals surface area (Å²) in [6.07, 6.45) is 8.26. The molecule has 3 aliphatic rings. The Balaban J connectivity index is 1.05. The van der Waals surface area contributed by atoms with Crippen molar-refractivity contribution in [2.45, 2.75) is 69.7 Å². The molecule has 1 aliphatic carbocycles. The van der Waals surface area contributed by atoms with E-state index in [0.717, 1.165) is 57.7 Å². The standard InChI is InChI=1S/C28H32ClFN4O2/c29-22-7-6-21(24(30)14-22)18-36-28-3-1-2-25(32-28)19-8-11-33(12-9-19)17-27-31-15-26(20-4-5-20)34(27)16-23-10-13-35-23/h1-3,6-7,14-15,19-20,23H,4-5,8-13,16-18H2. The number of imidazole rings is 1. The molecule has 0 amide bonds. The van der Waals surface area contributed by atoms with Crippen LogP contribution in [0.5, 0.6) is 5.88 Å². The lowest BCUT2D eigenvalue weighted by Gasteiger charge is -2.32. The van der Waals surface area contributed by atoms with Gasteiger partial charge in [0.15, 0.2) is 0 Å². The maximum Gasteiger partial charge on any atom is 0.213 e. The molecule has 0 radical (unpaired) electrons. The van der Waals surface area contributed by atoms with Gasteiger partial charge in [0.05, 0.1) is 19.2 Å². The Bertz CT molecular complexity index is 1200. The lowest BCUT2D eigenvalue weighted by Crippen LogP contribution is -2.35. The molecule has 2 saturated heterocycles. The van der Waals surface area contributed by atoms with Gasteiger partial charge in [-0.15, -0.1) is 0 Å². The van der Waals surface area contributed by atoms with Crippen LogP contribution in [-0.4, -0.2) is 45.2 Å². The van der Waals surface area contributed by atoms with Crippen LogP contribution in [-0.2, 0) is 24.4 Å². The number of piperidine rings is 1. The number of pyridine rings is 1. The number of nitrogens with zero attached hydrogens (tertiary/aromatic N) is 4. The van der Waals surface area contributed by atoms with Crippen molar-refractivity contribution in [2.75, 3.05) is 19.7 Å². The highest BCUT2D eigenvalue weighted by molar-refractivity contribution is 6.30. The normalized spacial score (nSPS) is 20.9. The lowest BCUT2D eigenvalue weighted by atomic mass is 9.93. The van der Waals surface area contributed by atoms with Gasteiger partial charge in [-0.05, 0) is 63.4 Å². The second kappa shape index (κ2) is 10.5. The van der Waals surface area contributed by atoms with Crippen molar-refractivity contribution < 1.29 is 13.9 Å². The van der Waals surface area contributed by atoms with E-state index < -0.39 is 0 Å². The number of likely N-dealkylation sites (tertiary alicyclic amines) is 1. The van der Waals surface area contributed by atoms with Gasteiger partial charge in [-0.25, -0.2) is 14.4 Å².